The number of aromatic hydroxyl groups is 1. The molecule has 118 valence electrons. The molecule has 0 spiro atoms. The first-order valence-electron chi connectivity index (χ1n) is 8.13. The fourth-order valence-corrected chi connectivity index (χ4v) is 5.40. The maximum Gasteiger partial charge on any atom is 0.139 e. The topological polar surface area (TPSA) is 77.8 Å². The number of aliphatic hydroxyl groups excluding tert-OH is 1. The zero-order chi connectivity index (χ0) is 15.7. The highest BCUT2D eigenvalue weighted by atomic mass is 16.3. The predicted octanol–water partition coefficient (Wildman–Crippen LogP) is 1.90. The van der Waals surface area contributed by atoms with Crippen LogP contribution in [0.25, 0.3) is 0 Å². The molecule has 1 unspecified atom stereocenters. The molecule has 2 fully saturated rings. The summed E-state index contributed by atoms with van der Waals surface area (Å²) in [5.41, 5.74) is 0.200. The summed E-state index contributed by atoms with van der Waals surface area (Å²) in [7, 11) is 0. The van der Waals surface area contributed by atoms with E-state index in [0.717, 1.165) is 17.5 Å². The van der Waals surface area contributed by atoms with Gasteiger partial charge in [0, 0.05) is 30.1 Å². The Labute approximate surface area is 129 Å². The lowest BCUT2D eigenvalue weighted by atomic mass is 9.52. The van der Waals surface area contributed by atoms with Crippen LogP contribution in [0.3, 0.4) is 0 Å². The third-order valence-electron chi connectivity index (χ3n) is 6.58. The lowest BCUT2D eigenvalue weighted by Gasteiger charge is -2.55. The van der Waals surface area contributed by atoms with Gasteiger partial charge in [-0.25, -0.2) is 0 Å². The minimum absolute atomic E-state index is 0.157. The Morgan fingerprint density at radius 3 is 2.82 bits per heavy atom. The second-order valence-electron chi connectivity index (χ2n) is 7.51. The van der Waals surface area contributed by atoms with Gasteiger partial charge in [-0.1, -0.05) is 13.0 Å². The molecule has 1 aromatic rings. The summed E-state index contributed by atoms with van der Waals surface area (Å²) in [6.45, 7) is 1.96. The quantitative estimate of drug-likeness (QED) is 0.684. The molecule has 3 aliphatic carbocycles. The maximum absolute atomic E-state index is 12.3. The normalized spacial score (nSPS) is 43.4. The van der Waals surface area contributed by atoms with Crippen LogP contribution >= 0.6 is 0 Å². The molecule has 2 saturated carbocycles. The van der Waals surface area contributed by atoms with Crippen LogP contribution < -0.4 is 0 Å². The van der Waals surface area contributed by atoms with Gasteiger partial charge in [0.2, 0.25) is 0 Å². The first-order chi connectivity index (χ1) is 10.4. The van der Waals surface area contributed by atoms with E-state index in [1.165, 1.54) is 0 Å². The number of hydrogen-bond acceptors (Lipinski definition) is 4. The molecule has 0 amide bonds. The van der Waals surface area contributed by atoms with E-state index < -0.39 is 17.1 Å². The SMILES string of the molecule is C[C@]12CC[C@@H]3c4ccc(O)cc4CC(O)[C@@]3(O)[C@@H]1CCC2=O. The molecule has 4 nitrogen and oxygen atoms in total. The van der Waals surface area contributed by atoms with Crippen molar-refractivity contribution in [2.24, 2.45) is 11.3 Å². The molecule has 0 aromatic heterocycles. The number of phenolic OH excluding ortho intramolecular Hbond substituents is 1. The Balaban J connectivity index is 1.85. The molecule has 4 heteroatoms. The summed E-state index contributed by atoms with van der Waals surface area (Å²) in [6.07, 6.45) is 2.07. The Kier molecular flexibility index (Phi) is 2.80. The van der Waals surface area contributed by atoms with Crippen LogP contribution in [-0.4, -0.2) is 32.8 Å². The minimum atomic E-state index is -1.23. The zero-order valence-corrected chi connectivity index (χ0v) is 12.7. The Hall–Kier alpha value is -1.39. The standard InChI is InChI=1S/C18H22O4/c1-17-7-6-13-12-3-2-11(19)8-10(12)9-16(21)18(13,22)14(17)4-5-15(17)20/h2-3,8,13-14,16,19,21-22H,4-7,9H2,1H3/t13-,14-,16?,17+,18+/m1/s1. The van der Waals surface area contributed by atoms with Crippen molar-refractivity contribution in [1.82, 2.24) is 0 Å². The monoisotopic (exact) mass is 302 g/mol. The number of ketones is 1. The van der Waals surface area contributed by atoms with E-state index in [1.54, 1.807) is 12.1 Å². The lowest BCUT2D eigenvalue weighted by Crippen LogP contribution is -2.62. The van der Waals surface area contributed by atoms with E-state index in [9.17, 15) is 20.1 Å². The summed E-state index contributed by atoms with van der Waals surface area (Å²) in [6, 6.07) is 5.20. The van der Waals surface area contributed by atoms with Gasteiger partial charge in [-0.3, -0.25) is 4.79 Å². The summed E-state index contributed by atoms with van der Waals surface area (Å²) >= 11 is 0. The van der Waals surface area contributed by atoms with Crippen molar-refractivity contribution in [2.75, 3.05) is 0 Å². The lowest BCUT2D eigenvalue weighted by molar-refractivity contribution is -0.182. The first-order valence-corrected chi connectivity index (χ1v) is 8.13. The Morgan fingerprint density at radius 1 is 1.27 bits per heavy atom. The van der Waals surface area contributed by atoms with Gasteiger partial charge in [0.25, 0.3) is 0 Å². The number of benzene rings is 1. The highest BCUT2D eigenvalue weighted by Crippen LogP contribution is 2.61. The number of fused-ring (bicyclic) bond motifs is 5. The van der Waals surface area contributed by atoms with Gasteiger partial charge in [-0.15, -0.1) is 0 Å². The summed E-state index contributed by atoms with van der Waals surface area (Å²) in [4.78, 5) is 12.3. The molecule has 1 aromatic carbocycles. The molecule has 4 rings (SSSR count). The first kappa shape index (κ1) is 14.2. The maximum atomic E-state index is 12.3. The molecule has 5 atom stereocenters. The van der Waals surface area contributed by atoms with Crippen LogP contribution in [0, 0.1) is 11.3 Å². The average molecular weight is 302 g/mol. The fourth-order valence-electron chi connectivity index (χ4n) is 5.40. The highest BCUT2D eigenvalue weighted by Gasteiger charge is 2.64. The largest absolute Gasteiger partial charge is 0.508 e. The third-order valence-corrected chi connectivity index (χ3v) is 6.58. The molecule has 0 heterocycles. The van der Waals surface area contributed by atoms with Crippen molar-refractivity contribution in [2.45, 2.75) is 56.7 Å². The zero-order valence-electron chi connectivity index (χ0n) is 12.7. The Bertz CT molecular complexity index is 654. The van der Waals surface area contributed by atoms with Crippen LogP contribution in [-0.2, 0) is 11.2 Å². The third kappa shape index (κ3) is 1.57. The van der Waals surface area contributed by atoms with Gasteiger partial charge in [-0.05, 0) is 42.5 Å². The fraction of sp³-hybridized carbons (Fsp3) is 0.611. The molecule has 0 radical (unpaired) electrons. The van der Waals surface area contributed by atoms with Crippen LogP contribution in [0.5, 0.6) is 5.75 Å². The van der Waals surface area contributed by atoms with E-state index in [2.05, 4.69) is 0 Å². The van der Waals surface area contributed by atoms with Crippen LogP contribution in [0.15, 0.2) is 18.2 Å². The van der Waals surface area contributed by atoms with Crippen LogP contribution in [0.2, 0.25) is 0 Å². The van der Waals surface area contributed by atoms with Crippen molar-refractivity contribution in [1.29, 1.82) is 0 Å². The van der Waals surface area contributed by atoms with Gasteiger partial charge in [-0.2, -0.15) is 0 Å². The average Bonchev–Trinajstić information content (AvgIpc) is 2.77. The molecule has 0 bridgehead atoms. The van der Waals surface area contributed by atoms with Gasteiger partial charge >= 0.3 is 0 Å². The van der Waals surface area contributed by atoms with Crippen LogP contribution in [0.1, 0.15) is 49.7 Å². The van der Waals surface area contributed by atoms with Gasteiger partial charge in [0.05, 0.1) is 6.10 Å². The molecule has 0 saturated heterocycles. The summed E-state index contributed by atoms with van der Waals surface area (Å²) in [5.74, 6) is 0.0835. The van der Waals surface area contributed by atoms with Crippen molar-refractivity contribution in [3.05, 3.63) is 29.3 Å². The smallest absolute Gasteiger partial charge is 0.139 e. The van der Waals surface area contributed by atoms with Crippen molar-refractivity contribution in [3.63, 3.8) is 0 Å². The summed E-state index contributed by atoms with van der Waals surface area (Å²) < 4.78 is 0. The molecule has 22 heavy (non-hydrogen) atoms. The number of Topliss-reactive ketones (excluding diaryl/α,β-unsaturated/α-hetero) is 1. The van der Waals surface area contributed by atoms with Crippen molar-refractivity contribution in [3.8, 4) is 5.75 Å². The second-order valence-corrected chi connectivity index (χ2v) is 7.51. The molecular weight excluding hydrogens is 280 g/mol. The van der Waals surface area contributed by atoms with Crippen molar-refractivity contribution < 1.29 is 20.1 Å². The minimum Gasteiger partial charge on any atom is -0.508 e. The number of hydrogen-bond donors (Lipinski definition) is 3. The van der Waals surface area contributed by atoms with Gasteiger partial charge < -0.3 is 15.3 Å². The summed E-state index contributed by atoms with van der Waals surface area (Å²) in [5, 5.41) is 31.8. The van der Waals surface area contributed by atoms with Gasteiger partial charge in [0.1, 0.15) is 17.1 Å². The van der Waals surface area contributed by atoms with E-state index in [-0.39, 0.29) is 23.4 Å². The highest BCUT2D eigenvalue weighted by molar-refractivity contribution is 5.87. The molecular formula is C18H22O4. The molecule has 3 N–H and O–H groups in total. The Morgan fingerprint density at radius 2 is 2.05 bits per heavy atom. The number of carbonyl (C=O) groups excluding carboxylic acids is 1. The number of phenols is 1. The molecule has 0 aliphatic heterocycles. The predicted molar refractivity (Wildman–Crippen MR) is 80.6 cm³/mol. The number of aliphatic hydroxyl groups is 2. The van der Waals surface area contributed by atoms with E-state index in [4.69, 9.17) is 0 Å². The van der Waals surface area contributed by atoms with E-state index >= 15 is 0 Å². The number of rotatable bonds is 0. The van der Waals surface area contributed by atoms with E-state index in [0.29, 0.717) is 25.7 Å². The van der Waals surface area contributed by atoms with Crippen LogP contribution in [0.4, 0.5) is 0 Å². The second kappa shape index (κ2) is 4.33. The van der Waals surface area contributed by atoms with Crippen molar-refractivity contribution >= 4 is 5.78 Å². The van der Waals surface area contributed by atoms with Gasteiger partial charge in [0.15, 0.2) is 0 Å². The van der Waals surface area contributed by atoms with E-state index in [1.807, 2.05) is 13.0 Å². The number of carbonyl (C=O) groups is 1. The molecule has 3 aliphatic rings.